The van der Waals surface area contributed by atoms with Crippen molar-refractivity contribution in [2.75, 3.05) is 12.4 Å². The van der Waals surface area contributed by atoms with E-state index >= 15 is 0 Å². The number of benzene rings is 3. The van der Waals surface area contributed by atoms with E-state index < -0.39 is 0 Å². The normalized spacial score (nSPS) is 10.5. The fraction of sp³-hybridized carbons (Fsp3) is 0.240. The van der Waals surface area contributed by atoms with Crippen molar-refractivity contribution in [3.63, 3.8) is 0 Å². The molecule has 0 aliphatic heterocycles. The molecule has 0 saturated carbocycles. The summed E-state index contributed by atoms with van der Waals surface area (Å²) in [5.74, 6) is 0.125. The molecule has 0 heterocycles. The Morgan fingerprint density at radius 2 is 1.57 bits per heavy atom. The van der Waals surface area contributed by atoms with Gasteiger partial charge in [0, 0.05) is 25.8 Å². The van der Waals surface area contributed by atoms with E-state index in [0.29, 0.717) is 13.0 Å². The number of nitrogens with zero attached hydrogens (tertiary/aromatic N) is 1. The van der Waals surface area contributed by atoms with Crippen molar-refractivity contribution in [1.29, 1.82) is 0 Å². The predicted molar refractivity (Wildman–Crippen MR) is 116 cm³/mol. The zero-order valence-electron chi connectivity index (χ0n) is 16.9. The largest absolute Gasteiger partial charge is 0.381 e. The van der Waals surface area contributed by atoms with Crippen LogP contribution in [0.5, 0.6) is 0 Å². The van der Waals surface area contributed by atoms with E-state index in [9.17, 15) is 4.79 Å². The number of aryl methyl sites for hydroxylation is 1. The van der Waals surface area contributed by atoms with E-state index in [1.54, 1.807) is 4.90 Å². The van der Waals surface area contributed by atoms with Gasteiger partial charge in [-0.05, 0) is 53.8 Å². The van der Waals surface area contributed by atoms with Gasteiger partial charge in [0.2, 0.25) is 5.91 Å². The van der Waals surface area contributed by atoms with Crippen LogP contribution in [0.25, 0.3) is 0 Å². The zero-order chi connectivity index (χ0) is 19.9. The molecule has 144 valence electrons. The highest BCUT2D eigenvalue weighted by Crippen LogP contribution is 2.16. The molecule has 3 aromatic carbocycles. The molecule has 0 spiro atoms. The van der Waals surface area contributed by atoms with Crippen molar-refractivity contribution in [1.82, 2.24) is 4.90 Å². The van der Waals surface area contributed by atoms with Crippen molar-refractivity contribution in [2.45, 2.75) is 33.4 Å². The Bertz CT molecular complexity index is 917. The maximum Gasteiger partial charge on any atom is 0.227 e. The topological polar surface area (TPSA) is 32.3 Å². The summed E-state index contributed by atoms with van der Waals surface area (Å²) in [6.45, 7) is 5.73. The van der Waals surface area contributed by atoms with E-state index in [-0.39, 0.29) is 5.91 Å². The molecule has 0 radical (unpaired) electrons. The Morgan fingerprint density at radius 1 is 0.857 bits per heavy atom. The molecule has 1 N–H and O–H groups in total. The molecule has 0 atom stereocenters. The molecule has 3 aromatic rings. The second-order valence-electron chi connectivity index (χ2n) is 7.32. The summed E-state index contributed by atoms with van der Waals surface area (Å²) in [5, 5.41) is 3.47. The minimum atomic E-state index is 0.125. The van der Waals surface area contributed by atoms with E-state index in [2.05, 4.69) is 37.4 Å². The highest BCUT2D eigenvalue weighted by Gasteiger charge is 2.10. The van der Waals surface area contributed by atoms with Gasteiger partial charge in [-0.15, -0.1) is 0 Å². The smallest absolute Gasteiger partial charge is 0.227 e. The molecule has 3 heteroatoms. The van der Waals surface area contributed by atoms with E-state index in [1.807, 2.05) is 61.6 Å². The molecular formula is C25H28N2O. The first kappa shape index (κ1) is 19.7. The third-order valence-corrected chi connectivity index (χ3v) is 5.20. The molecule has 3 rings (SSSR count). The maximum atomic E-state index is 12.5. The van der Waals surface area contributed by atoms with Crippen LogP contribution in [-0.4, -0.2) is 17.9 Å². The second-order valence-corrected chi connectivity index (χ2v) is 7.32. The van der Waals surface area contributed by atoms with Gasteiger partial charge in [-0.1, -0.05) is 60.7 Å². The monoisotopic (exact) mass is 372 g/mol. The van der Waals surface area contributed by atoms with Crippen LogP contribution in [0.4, 0.5) is 5.69 Å². The van der Waals surface area contributed by atoms with Crippen LogP contribution in [0, 0.1) is 13.8 Å². The maximum absolute atomic E-state index is 12.5. The lowest BCUT2D eigenvalue weighted by molar-refractivity contribution is -0.129. The highest BCUT2D eigenvalue weighted by atomic mass is 16.2. The standard InChI is InChI=1S/C25H28N2O/c1-19-8-7-11-23(20(19)2)17-26-24-14-12-21(13-15-24)16-25(28)27(3)18-22-9-5-4-6-10-22/h4-15,26H,16-18H2,1-3H3. The average Bonchev–Trinajstić information content (AvgIpc) is 2.71. The first-order chi connectivity index (χ1) is 13.5. The minimum absolute atomic E-state index is 0.125. The first-order valence-electron chi connectivity index (χ1n) is 9.69. The predicted octanol–water partition coefficient (Wildman–Crippen LogP) is 5.12. The summed E-state index contributed by atoms with van der Waals surface area (Å²) in [6, 6.07) is 24.6. The van der Waals surface area contributed by atoms with Crippen molar-refractivity contribution >= 4 is 11.6 Å². The van der Waals surface area contributed by atoms with Crippen molar-refractivity contribution < 1.29 is 4.79 Å². The van der Waals surface area contributed by atoms with Crippen LogP contribution in [-0.2, 0) is 24.3 Å². The molecular weight excluding hydrogens is 344 g/mol. The molecule has 0 aliphatic rings. The van der Waals surface area contributed by atoms with Gasteiger partial charge in [-0.25, -0.2) is 0 Å². The fourth-order valence-electron chi connectivity index (χ4n) is 3.20. The summed E-state index contributed by atoms with van der Waals surface area (Å²) in [6.07, 6.45) is 0.417. The number of hydrogen-bond acceptors (Lipinski definition) is 2. The Morgan fingerprint density at radius 3 is 2.29 bits per heavy atom. The van der Waals surface area contributed by atoms with Crippen molar-refractivity contribution in [3.05, 3.63) is 101 Å². The van der Waals surface area contributed by atoms with Gasteiger partial charge in [0.25, 0.3) is 0 Å². The summed E-state index contributed by atoms with van der Waals surface area (Å²) in [5.41, 5.74) is 7.19. The lowest BCUT2D eigenvalue weighted by Crippen LogP contribution is -2.27. The van der Waals surface area contributed by atoms with E-state index in [4.69, 9.17) is 0 Å². The van der Waals surface area contributed by atoms with Crippen molar-refractivity contribution in [2.24, 2.45) is 0 Å². The summed E-state index contributed by atoms with van der Waals surface area (Å²) < 4.78 is 0. The van der Waals surface area contributed by atoms with Crippen LogP contribution in [0.3, 0.4) is 0 Å². The summed E-state index contributed by atoms with van der Waals surface area (Å²) in [7, 11) is 1.86. The van der Waals surface area contributed by atoms with Crippen LogP contribution in [0.1, 0.15) is 27.8 Å². The van der Waals surface area contributed by atoms with Gasteiger partial charge >= 0.3 is 0 Å². The third kappa shape index (κ3) is 5.23. The number of rotatable bonds is 7. The average molecular weight is 373 g/mol. The third-order valence-electron chi connectivity index (χ3n) is 5.20. The van der Waals surface area contributed by atoms with Crippen LogP contribution in [0.2, 0.25) is 0 Å². The Labute approximate surface area is 168 Å². The van der Waals surface area contributed by atoms with Gasteiger partial charge in [-0.3, -0.25) is 4.79 Å². The molecule has 0 aromatic heterocycles. The first-order valence-corrected chi connectivity index (χ1v) is 9.69. The van der Waals surface area contributed by atoms with Gasteiger partial charge in [0.15, 0.2) is 0 Å². The second kappa shape index (κ2) is 9.23. The fourth-order valence-corrected chi connectivity index (χ4v) is 3.20. The van der Waals surface area contributed by atoms with Gasteiger partial charge in [0.05, 0.1) is 6.42 Å². The molecule has 0 bridgehead atoms. The van der Waals surface area contributed by atoms with Gasteiger partial charge in [0.1, 0.15) is 0 Å². The van der Waals surface area contributed by atoms with Crippen molar-refractivity contribution in [3.8, 4) is 0 Å². The molecule has 0 unspecified atom stereocenters. The number of anilines is 1. The van der Waals surface area contributed by atoms with Crippen LogP contribution < -0.4 is 5.32 Å². The molecule has 0 fully saturated rings. The molecule has 3 nitrogen and oxygen atoms in total. The number of carbonyl (C=O) groups is 1. The summed E-state index contributed by atoms with van der Waals surface area (Å²) >= 11 is 0. The molecule has 0 aliphatic carbocycles. The number of likely N-dealkylation sites (N-methyl/N-ethyl adjacent to an activating group) is 1. The Kier molecular flexibility index (Phi) is 6.49. The zero-order valence-corrected chi connectivity index (χ0v) is 16.9. The van der Waals surface area contributed by atoms with Crippen LogP contribution >= 0.6 is 0 Å². The Balaban J connectivity index is 1.53. The number of carbonyl (C=O) groups excluding carboxylic acids is 1. The summed E-state index contributed by atoms with van der Waals surface area (Å²) in [4.78, 5) is 14.3. The van der Waals surface area contributed by atoms with Crippen LogP contribution in [0.15, 0.2) is 72.8 Å². The Hall–Kier alpha value is -3.07. The SMILES string of the molecule is Cc1cccc(CNc2ccc(CC(=O)N(C)Cc3ccccc3)cc2)c1C. The molecule has 28 heavy (non-hydrogen) atoms. The van der Waals surface area contributed by atoms with E-state index in [1.165, 1.54) is 16.7 Å². The lowest BCUT2D eigenvalue weighted by Gasteiger charge is -2.17. The van der Waals surface area contributed by atoms with E-state index in [0.717, 1.165) is 23.4 Å². The quantitative estimate of drug-likeness (QED) is 0.624. The highest BCUT2D eigenvalue weighted by molar-refractivity contribution is 5.78. The number of nitrogens with one attached hydrogen (secondary N) is 1. The number of amides is 1. The van der Waals surface area contributed by atoms with Gasteiger partial charge < -0.3 is 10.2 Å². The lowest BCUT2D eigenvalue weighted by atomic mass is 10.0. The van der Waals surface area contributed by atoms with Gasteiger partial charge in [-0.2, -0.15) is 0 Å². The minimum Gasteiger partial charge on any atom is -0.381 e. The molecule has 0 saturated heterocycles. The molecule has 1 amide bonds. The number of hydrogen-bond donors (Lipinski definition) is 1.